The second-order valence-electron chi connectivity index (χ2n) is 7.79. The third kappa shape index (κ3) is 4.62. The molecule has 2 aromatic carbocycles. The number of carbonyl (C=O) groups excluding carboxylic acids is 1. The minimum Gasteiger partial charge on any atom is -0.372 e. The maximum Gasteiger partial charge on any atom is 0.321 e. The molecule has 2 aliphatic rings. The molecule has 4 nitrogen and oxygen atoms in total. The van der Waals surface area contributed by atoms with E-state index in [9.17, 15) is 4.79 Å². The van der Waals surface area contributed by atoms with E-state index in [0.717, 1.165) is 51.1 Å². The molecule has 2 saturated heterocycles. The highest BCUT2D eigenvalue weighted by molar-refractivity contribution is 5.89. The lowest BCUT2D eigenvalue weighted by Gasteiger charge is -2.32. The molecule has 0 spiro atoms. The molecule has 27 heavy (non-hydrogen) atoms. The first-order chi connectivity index (χ1) is 13.3. The lowest BCUT2D eigenvalue weighted by Crippen LogP contribution is -2.41. The number of urea groups is 1. The lowest BCUT2D eigenvalue weighted by molar-refractivity contribution is 0.182. The van der Waals surface area contributed by atoms with Crippen LogP contribution in [0.4, 0.5) is 16.2 Å². The van der Waals surface area contributed by atoms with Crippen molar-refractivity contribution in [3.63, 3.8) is 0 Å². The highest BCUT2D eigenvalue weighted by Gasteiger charge is 2.23. The number of anilines is 2. The van der Waals surface area contributed by atoms with Crippen molar-refractivity contribution in [3.05, 3.63) is 60.2 Å². The Bertz CT molecular complexity index is 730. The van der Waals surface area contributed by atoms with Gasteiger partial charge in [-0.1, -0.05) is 30.3 Å². The zero-order chi connectivity index (χ0) is 18.5. The molecule has 0 aromatic heterocycles. The maximum absolute atomic E-state index is 12.6. The SMILES string of the molecule is O=C(Nc1ccc(N2CCCC2)cc1)N1CCC(Cc2ccccc2)CC1. The van der Waals surface area contributed by atoms with E-state index in [-0.39, 0.29) is 6.03 Å². The highest BCUT2D eigenvalue weighted by atomic mass is 16.2. The van der Waals surface area contributed by atoms with E-state index in [1.165, 1.54) is 24.1 Å². The van der Waals surface area contributed by atoms with Crippen molar-refractivity contribution in [2.75, 3.05) is 36.4 Å². The normalized spacial score (nSPS) is 17.9. The summed E-state index contributed by atoms with van der Waals surface area (Å²) in [4.78, 5) is 16.9. The van der Waals surface area contributed by atoms with E-state index in [0.29, 0.717) is 5.92 Å². The third-order valence-corrected chi connectivity index (χ3v) is 5.86. The molecule has 0 saturated carbocycles. The molecule has 0 radical (unpaired) electrons. The standard InChI is InChI=1S/C23H29N3O/c27-23(24-21-8-10-22(11-9-21)25-14-4-5-15-25)26-16-12-20(13-17-26)18-19-6-2-1-3-7-19/h1-3,6-11,20H,4-5,12-18H2,(H,24,27). The minimum absolute atomic E-state index is 0.0297. The molecule has 2 aromatic rings. The average molecular weight is 364 g/mol. The number of benzene rings is 2. The average Bonchev–Trinajstić information content (AvgIpc) is 3.25. The molecule has 4 rings (SSSR count). The molecule has 0 atom stereocenters. The molecule has 4 heteroatoms. The number of amides is 2. The second-order valence-corrected chi connectivity index (χ2v) is 7.79. The van der Waals surface area contributed by atoms with Crippen molar-refractivity contribution in [1.82, 2.24) is 4.90 Å². The Labute approximate surface area is 162 Å². The van der Waals surface area contributed by atoms with Gasteiger partial charge in [-0.3, -0.25) is 0 Å². The Morgan fingerprint density at radius 1 is 0.889 bits per heavy atom. The van der Waals surface area contributed by atoms with Crippen molar-refractivity contribution in [3.8, 4) is 0 Å². The highest BCUT2D eigenvalue weighted by Crippen LogP contribution is 2.24. The molecule has 2 amide bonds. The summed E-state index contributed by atoms with van der Waals surface area (Å²) >= 11 is 0. The Balaban J connectivity index is 1.25. The fraction of sp³-hybridized carbons (Fsp3) is 0.435. The predicted octanol–water partition coefficient (Wildman–Crippen LogP) is 4.77. The number of hydrogen-bond donors (Lipinski definition) is 1. The van der Waals surface area contributed by atoms with Gasteiger partial charge in [0.2, 0.25) is 0 Å². The minimum atomic E-state index is 0.0297. The summed E-state index contributed by atoms with van der Waals surface area (Å²) in [5.74, 6) is 0.677. The van der Waals surface area contributed by atoms with Crippen LogP contribution < -0.4 is 10.2 Å². The van der Waals surface area contributed by atoms with Crippen LogP contribution in [0, 0.1) is 5.92 Å². The van der Waals surface area contributed by atoms with Gasteiger partial charge in [0, 0.05) is 37.6 Å². The first-order valence-corrected chi connectivity index (χ1v) is 10.2. The zero-order valence-electron chi connectivity index (χ0n) is 15.9. The fourth-order valence-corrected chi connectivity index (χ4v) is 4.22. The maximum atomic E-state index is 12.6. The van der Waals surface area contributed by atoms with Gasteiger partial charge in [-0.25, -0.2) is 4.79 Å². The number of rotatable bonds is 4. The van der Waals surface area contributed by atoms with Crippen molar-refractivity contribution in [2.24, 2.45) is 5.92 Å². The van der Waals surface area contributed by atoms with Crippen LogP contribution in [-0.2, 0) is 6.42 Å². The molecular formula is C23H29N3O. The van der Waals surface area contributed by atoms with Crippen molar-refractivity contribution in [2.45, 2.75) is 32.1 Å². The first kappa shape index (κ1) is 17.9. The number of hydrogen-bond acceptors (Lipinski definition) is 2. The van der Waals surface area contributed by atoms with Crippen LogP contribution in [0.15, 0.2) is 54.6 Å². The van der Waals surface area contributed by atoms with E-state index in [1.54, 1.807) is 0 Å². The molecule has 0 unspecified atom stereocenters. The smallest absolute Gasteiger partial charge is 0.321 e. The first-order valence-electron chi connectivity index (χ1n) is 10.2. The fourth-order valence-electron chi connectivity index (χ4n) is 4.22. The molecule has 0 bridgehead atoms. The van der Waals surface area contributed by atoms with Gasteiger partial charge < -0.3 is 15.1 Å². The van der Waals surface area contributed by atoms with E-state index in [2.05, 4.69) is 52.7 Å². The number of nitrogens with one attached hydrogen (secondary N) is 1. The van der Waals surface area contributed by atoms with Gasteiger partial charge >= 0.3 is 6.03 Å². The quantitative estimate of drug-likeness (QED) is 0.849. The van der Waals surface area contributed by atoms with Gasteiger partial charge in [-0.05, 0) is 67.9 Å². The Morgan fingerprint density at radius 2 is 1.56 bits per heavy atom. The van der Waals surface area contributed by atoms with Gasteiger partial charge in [-0.15, -0.1) is 0 Å². The molecule has 0 aliphatic carbocycles. The Morgan fingerprint density at radius 3 is 2.22 bits per heavy atom. The molecule has 1 N–H and O–H groups in total. The van der Waals surface area contributed by atoms with Crippen LogP contribution in [0.25, 0.3) is 0 Å². The summed E-state index contributed by atoms with van der Waals surface area (Å²) in [7, 11) is 0. The summed E-state index contributed by atoms with van der Waals surface area (Å²) in [5, 5.41) is 3.06. The second kappa shape index (κ2) is 8.47. The molecule has 142 valence electrons. The molecule has 2 fully saturated rings. The monoisotopic (exact) mass is 363 g/mol. The van der Waals surface area contributed by atoms with Crippen molar-refractivity contribution < 1.29 is 4.79 Å². The van der Waals surface area contributed by atoms with E-state index < -0.39 is 0 Å². The Hall–Kier alpha value is -2.49. The van der Waals surface area contributed by atoms with Gasteiger partial charge in [0.1, 0.15) is 0 Å². The Kier molecular flexibility index (Phi) is 5.61. The molecule has 2 heterocycles. The van der Waals surface area contributed by atoms with Crippen LogP contribution in [0.5, 0.6) is 0 Å². The van der Waals surface area contributed by atoms with Crippen LogP contribution in [0.1, 0.15) is 31.2 Å². The van der Waals surface area contributed by atoms with Crippen molar-refractivity contribution >= 4 is 17.4 Å². The van der Waals surface area contributed by atoms with E-state index >= 15 is 0 Å². The predicted molar refractivity (Wildman–Crippen MR) is 111 cm³/mol. The summed E-state index contributed by atoms with van der Waals surface area (Å²) in [6.07, 6.45) is 5.83. The summed E-state index contributed by atoms with van der Waals surface area (Å²) in [6.45, 7) is 3.97. The van der Waals surface area contributed by atoms with Crippen LogP contribution in [0.3, 0.4) is 0 Å². The summed E-state index contributed by atoms with van der Waals surface area (Å²) in [5.41, 5.74) is 3.54. The lowest BCUT2D eigenvalue weighted by atomic mass is 9.90. The number of carbonyl (C=O) groups is 1. The van der Waals surface area contributed by atoms with Crippen LogP contribution in [-0.4, -0.2) is 37.1 Å². The van der Waals surface area contributed by atoms with Gasteiger partial charge in [0.15, 0.2) is 0 Å². The van der Waals surface area contributed by atoms with Crippen LogP contribution in [0.2, 0.25) is 0 Å². The number of likely N-dealkylation sites (tertiary alicyclic amines) is 1. The van der Waals surface area contributed by atoms with Crippen LogP contribution >= 0.6 is 0 Å². The van der Waals surface area contributed by atoms with E-state index in [1.807, 2.05) is 17.0 Å². The van der Waals surface area contributed by atoms with Gasteiger partial charge in [-0.2, -0.15) is 0 Å². The molecular weight excluding hydrogens is 334 g/mol. The van der Waals surface area contributed by atoms with E-state index in [4.69, 9.17) is 0 Å². The van der Waals surface area contributed by atoms with Gasteiger partial charge in [0.05, 0.1) is 0 Å². The zero-order valence-corrected chi connectivity index (χ0v) is 15.9. The number of nitrogens with zero attached hydrogens (tertiary/aromatic N) is 2. The number of piperidine rings is 1. The third-order valence-electron chi connectivity index (χ3n) is 5.86. The molecule has 2 aliphatic heterocycles. The van der Waals surface area contributed by atoms with Crippen molar-refractivity contribution in [1.29, 1.82) is 0 Å². The summed E-state index contributed by atoms with van der Waals surface area (Å²) in [6, 6.07) is 19.0. The summed E-state index contributed by atoms with van der Waals surface area (Å²) < 4.78 is 0. The van der Waals surface area contributed by atoms with Gasteiger partial charge in [0.25, 0.3) is 0 Å². The largest absolute Gasteiger partial charge is 0.372 e. The topological polar surface area (TPSA) is 35.6 Å².